The van der Waals surface area contributed by atoms with Crippen molar-refractivity contribution in [1.82, 2.24) is 5.32 Å². The number of aliphatic hydroxyl groups is 7. The lowest BCUT2D eigenvalue weighted by molar-refractivity contribution is 0.0414. The normalized spacial score (nSPS) is 10.6. The molecule has 43 heavy (non-hydrogen) atoms. The number of nitrogens with two attached hydrogens (primary N) is 1. The summed E-state index contributed by atoms with van der Waals surface area (Å²) in [6.45, 7) is -1.01. The Bertz CT molecular complexity index is 1030. The van der Waals surface area contributed by atoms with Gasteiger partial charge in [-0.15, -0.1) is 0 Å². The molecule has 0 spiro atoms. The van der Waals surface area contributed by atoms with Crippen molar-refractivity contribution in [1.29, 1.82) is 0 Å². The van der Waals surface area contributed by atoms with Gasteiger partial charge in [-0.3, -0.25) is 9.79 Å². The third-order valence-electron chi connectivity index (χ3n) is 5.57. The second-order valence-electron chi connectivity index (χ2n) is 9.13. The number of benzene rings is 3. The highest BCUT2D eigenvalue weighted by molar-refractivity contribution is 5.79. The van der Waals surface area contributed by atoms with Gasteiger partial charge in [-0.25, -0.2) is 0 Å². The molecule has 0 aliphatic rings. The number of hydrogen-bond acceptors (Lipinski definition) is 11. The molecule has 10 N–H and O–H groups in total. The van der Waals surface area contributed by atoms with E-state index in [9.17, 15) is 4.79 Å². The van der Waals surface area contributed by atoms with Crippen LogP contribution in [0.4, 0.5) is 0 Å². The molecule has 0 radical (unpaired) electrons. The van der Waals surface area contributed by atoms with Crippen LogP contribution in [0.3, 0.4) is 0 Å². The molecule has 0 bridgehead atoms. The van der Waals surface area contributed by atoms with Gasteiger partial charge < -0.3 is 46.8 Å². The van der Waals surface area contributed by atoms with Crippen molar-refractivity contribution in [2.45, 2.75) is 25.0 Å². The van der Waals surface area contributed by atoms with Crippen molar-refractivity contribution >= 4 is 12.5 Å². The first-order valence-electron chi connectivity index (χ1n) is 13.2. The number of aliphatic hydroxyl groups excluding tert-OH is 7. The topological polar surface area (TPSA) is 209 Å². The zero-order chi connectivity index (χ0) is 31.5. The molecule has 3 aromatic rings. The Morgan fingerprint density at radius 2 is 1.07 bits per heavy atom. The van der Waals surface area contributed by atoms with Gasteiger partial charge in [-0.1, -0.05) is 98.4 Å². The van der Waals surface area contributed by atoms with Gasteiger partial charge in [0.1, 0.15) is 6.29 Å². The van der Waals surface area contributed by atoms with E-state index < -0.39 is 30.9 Å². The molecule has 0 saturated heterocycles. The van der Waals surface area contributed by atoms with Crippen LogP contribution in [-0.4, -0.2) is 112 Å². The van der Waals surface area contributed by atoms with Gasteiger partial charge in [0.2, 0.25) is 0 Å². The molecule has 0 unspecified atom stereocenters. The van der Waals surface area contributed by atoms with Gasteiger partial charge in [0.15, 0.2) is 0 Å². The van der Waals surface area contributed by atoms with Gasteiger partial charge in [0.25, 0.3) is 0 Å². The summed E-state index contributed by atoms with van der Waals surface area (Å²) in [6.07, 6.45) is 2.59. The second-order valence-corrected chi connectivity index (χ2v) is 9.13. The summed E-state index contributed by atoms with van der Waals surface area (Å²) in [5.41, 5.74) is 5.77. The molecule has 0 aromatic heterocycles. The molecule has 0 aliphatic carbocycles. The maximum atomic E-state index is 10.0. The Kier molecular flexibility index (Phi) is 25.5. The molecule has 3 aromatic carbocycles. The zero-order valence-corrected chi connectivity index (χ0v) is 23.7. The fourth-order valence-electron chi connectivity index (χ4n) is 2.65. The van der Waals surface area contributed by atoms with Crippen molar-refractivity contribution in [2.75, 3.05) is 52.8 Å². The van der Waals surface area contributed by atoms with E-state index in [0.717, 1.165) is 23.0 Å². The molecule has 0 saturated carbocycles. The first-order chi connectivity index (χ1) is 20.3. The van der Waals surface area contributed by atoms with E-state index in [1.165, 1.54) is 0 Å². The van der Waals surface area contributed by atoms with E-state index >= 15 is 0 Å². The number of nitrogens with one attached hydrogen (secondary N) is 1. The van der Waals surface area contributed by atoms with Crippen LogP contribution in [0.1, 0.15) is 28.9 Å². The molecule has 0 amide bonds. The Labute approximate surface area is 254 Å². The molecule has 0 aliphatic heterocycles. The van der Waals surface area contributed by atoms with Gasteiger partial charge in [-0.2, -0.15) is 0 Å². The predicted octanol–water partition coefficient (Wildman–Crippen LogP) is 0.386. The van der Waals surface area contributed by atoms with Crippen LogP contribution in [0.15, 0.2) is 96.0 Å². The average Bonchev–Trinajstić information content (AvgIpc) is 3.07. The highest BCUT2D eigenvalue weighted by Crippen LogP contribution is 2.05. The molecule has 240 valence electrons. The lowest BCUT2D eigenvalue weighted by atomic mass is 10.0. The summed E-state index contributed by atoms with van der Waals surface area (Å²) in [5.74, 6) is 0. The number of hydrogen-bond donors (Lipinski definition) is 9. The van der Waals surface area contributed by atoms with Crippen molar-refractivity contribution in [3.63, 3.8) is 0 Å². The summed E-state index contributed by atoms with van der Waals surface area (Å²) in [4.78, 5) is 14.0. The van der Waals surface area contributed by atoms with Gasteiger partial charge in [0, 0.05) is 18.3 Å². The average molecular weight is 604 g/mol. The summed E-state index contributed by atoms with van der Waals surface area (Å²) in [6, 6.07) is 28.5. The maximum Gasteiger partial charge on any atom is 0.150 e. The van der Waals surface area contributed by atoms with E-state index in [4.69, 9.17) is 41.5 Å². The van der Waals surface area contributed by atoms with Crippen LogP contribution in [0, 0.1) is 0 Å². The number of aldehydes is 1. The van der Waals surface area contributed by atoms with Crippen LogP contribution < -0.4 is 11.1 Å². The highest BCUT2D eigenvalue weighted by Gasteiger charge is 2.26. The fraction of sp³-hybridized carbons (Fsp3) is 0.375. The summed E-state index contributed by atoms with van der Waals surface area (Å²) in [7, 11) is 0. The minimum absolute atomic E-state index is 0. The lowest BCUT2D eigenvalue weighted by Crippen LogP contribution is -2.54. The molecule has 11 nitrogen and oxygen atoms in total. The van der Waals surface area contributed by atoms with E-state index in [0.29, 0.717) is 13.1 Å². The number of rotatable bonds is 13. The SMILES string of the molecule is C.NC(CO)(CO)CO.O=Cc1ccccc1.OCC(CO)(CO)NCc1ccccc1.OCCN=Cc1ccccc1. The Morgan fingerprint density at radius 3 is 1.40 bits per heavy atom. The number of carbonyl (C=O) groups excluding carboxylic acids is 1. The van der Waals surface area contributed by atoms with Crippen LogP contribution in [0.5, 0.6) is 0 Å². The molecule has 0 atom stereocenters. The monoisotopic (exact) mass is 603 g/mol. The van der Waals surface area contributed by atoms with E-state index in [1.807, 2.05) is 78.9 Å². The van der Waals surface area contributed by atoms with E-state index in [-0.39, 0.29) is 33.9 Å². The van der Waals surface area contributed by atoms with Crippen molar-refractivity contribution in [3.05, 3.63) is 108 Å². The third kappa shape index (κ3) is 19.5. The Balaban J connectivity index is 0. The molecule has 3 rings (SSSR count). The molecular weight excluding hydrogens is 554 g/mol. The molecule has 0 fully saturated rings. The van der Waals surface area contributed by atoms with Crippen LogP contribution in [0.2, 0.25) is 0 Å². The first kappa shape index (κ1) is 41.8. The van der Waals surface area contributed by atoms with Crippen LogP contribution >= 0.6 is 0 Å². The van der Waals surface area contributed by atoms with Gasteiger partial charge in [0.05, 0.1) is 63.9 Å². The largest absolute Gasteiger partial charge is 0.394 e. The van der Waals surface area contributed by atoms with Gasteiger partial charge in [-0.05, 0) is 11.1 Å². The smallest absolute Gasteiger partial charge is 0.150 e. The van der Waals surface area contributed by atoms with Crippen molar-refractivity contribution in [2.24, 2.45) is 10.7 Å². The van der Waals surface area contributed by atoms with E-state index in [2.05, 4.69) is 10.3 Å². The summed E-state index contributed by atoms with van der Waals surface area (Å²) < 4.78 is 0. The molecular formula is C32H49N3O8. The molecule has 0 heterocycles. The Morgan fingerprint density at radius 1 is 0.651 bits per heavy atom. The third-order valence-corrected chi connectivity index (χ3v) is 5.57. The number of nitrogens with zero attached hydrogens (tertiary/aromatic N) is 1. The summed E-state index contributed by atoms with van der Waals surface area (Å²) in [5, 5.41) is 63.6. The first-order valence-corrected chi connectivity index (χ1v) is 13.2. The number of carbonyl (C=O) groups is 1. The lowest BCUT2D eigenvalue weighted by Gasteiger charge is -2.28. The zero-order valence-electron chi connectivity index (χ0n) is 23.7. The minimum Gasteiger partial charge on any atom is -0.394 e. The fourth-order valence-corrected chi connectivity index (χ4v) is 2.65. The predicted molar refractivity (Wildman–Crippen MR) is 170 cm³/mol. The quantitative estimate of drug-likeness (QED) is 0.0969. The van der Waals surface area contributed by atoms with Gasteiger partial charge >= 0.3 is 0 Å². The van der Waals surface area contributed by atoms with Crippen LogP contribution in [-0.2, 0) is 6.54 Å². The second kappa shape index (κ2) is 26.3. The van der Waals surface area contributed by atoms with Crippen molar-refractivity contribution < 1.29 is 40.5 Å². The standard InChI is InChI=1S/C11H17NO3.C9H11NO.C7H6O.C4H11NO3.CH4/c13-7-11(8-14,9-15)12-6-10-4-2-1-3-5-10;11-7-6-10-8-9-4-2-1-3-5-9;8-6-7-4-2-1-3-5-7;5-4(1-6,2-7)3-8;/h1-5,12-15H,6-9H2;1-5,8,11H,6-7H2;1-6H;6-8H,1-3,5H2;1H4. The minimum atomic E-state index is -1.21. The Hall–Kier alpha value is -3.36. The van der Waals surface area contributed by atoms with Crippen molar-refractivity contribution in [3.8, 4) is 0 Å². The highest BCUT2D eigenvalue weighted by atomic mass is 16.3. The summed E-state index contributed by atoms with van der Waals surface area (Å²) >= 11 is 0. The van der Waals surface area contributed by atoms with E-state index in [1.54, 1.807) is 18.3 Å². The molecule has 11 heteroatoms. The van der Waals surface area contributed by atoms with Crippen LogP contribution in [0.25, 0.3) is 0 Å². The maximum absolute atomic E-state index is 10.0. The number of aliphatic imine (C=N–C) groups is 1.